The number of aromatic amines is 3. The van der Waals surface area contributed by atoms with Crippen LogP contribution in [0.2, 0.25) is 10.0 Å². The normalized spacial score (nSPS) is 10.6. The first-order chi connectivity index (χ1) is 35.8. The van der Waals surface area contributed by atoms with Crippen LogP contribution in [0, 0.1) is 27.7 Å². The molecule has 0 amide bonds. The molecule has 76 heavy (non-hydrogen) atoms. The number of aliphatic hydroxyl groups excluding tert-OH is 1. The molecule has 0 unspecified atom stereocenters. The number of benzene rings is 2. The molecular formula is C51H53Cl2N5O16S2. The average molecular weight is 1130 g/mol. The molecule has 0 fully saturated rings. The third kappa shape index (κ3) is 18.5. The summed E-state index contributed by atoms with van der Waals surface area (Å²) in [6.07, 6.45) is 15.0. The molecule has 6 N–H and O–H groups in total. The summed E-state index contributed by atoms with van der Waals surface area (Å²) in [6, 6.07) is 11.7. The van der Waals surface area contributed by atoms with Crippen molar-refractivity contribution in [1.82, 2.24) is 24.1 Å². The molecular weight excluding hydrogens is 1070 g/mol. The van der Waals surface area contributed by atoms with Gasteiger partial charge in [-0.15, -0.1) is 0 Å². The molecule has 7 aromatic rings. The van der Waals surface area contributed by atoms with E-state index in [-0.39, 0.29) is 86.0 Å². The van der Waals surface area contributed by atoms with E-state index in [0.717, 1.165) is 12.4 Å². The number of esters is 1. The Balaban J connectivity index is 0.000000260. The van der Waals surface area contributed by atoms with E-state index in [1.54, 1.807) is 53.2 Å². The Morgan fingerprint density at radius 2 is 0.987 bits per heavy atom. The second-order valence-corrected chi connectivity index (χ2v) is 21.1. The summed E-state index contributed by atoms with van der Waals surface area (Å²) in [5.74, 6) is -2.25. The molecule has 0 saturated heterocycles. The lowest BCUT2D eigenvalue weighted by Gasteiger charge is -2.09. The molecule has 404 valence electrons. The Bertz CT molecular complexity index is 3660. The number of aromatic hydroxyl groups is 2. The lowest BCUT2D eigenvalue weighted by Crippen LogP contribution is -2.19. The maximum Gasteiger partial charge on any atom is 0.343 e. The van der Waals surface area contributed by atoms with Crippen LogP contribution in [0.3, 0.4) is 0 Å². The van der Waals surface area contributed by atoms with Crippen LogP contribution in [0.5, 0.6) is 11.5 Å². The van der Waals surface area contributed by atoms with Gasteiger partial charge >= 0.3 is 5.97 Å². The number of sulfone groups is 2. The lowest BCUT2D eigenvalue weighted by molar-refractivity contribution is 0.0524. The molecule has 21 nitrogen and oxygen atoms in total. The van der Waals surface area contributed by atoms with Gasteiger partial charge in [0.2, 0.25) is 0 Å². The Morgan fingerprint density at radius 1 is 0.566 bits per heavy atom. The minimum Gasteiger partial charge on any atom is -0.503 e. The molecule has 0 aliphatic rings. The number of carbonyl (C=O) groups is 3. The predicted molar refractivity (Wildman–Crippen MR) is 285 cm³/mol. The summed E-state index contributed by atoms with van der Waals surface area (Å²) >= 11 is 11.4. The molecule has 0 saturated carbocycles. The number of hydrogen-bond acceptors (Lipinski definition) is 16. The van der Waals surface area contributed by atoms with E-state index in [9.17, 15) is 65.4 Å². The lowest BCUT2D eigenvalue weighted by atomic mass is 10.2. The molecule has 2 aromatic carbocycles. The molecule has 0 atom stereocenters. The van der Waals surface area contributed by atoms with Crippen LogP contribution in [0.15, 0.2) is 144 Å². The predicted octanol–water partition coefficient (Wildman–Crippen LogP) is 5.01. The molecule has 25 heteroatoms. The minimum absolute atomic E-state index is 0.0175. The SMILES string of the molecule is CCOC(=O)c1c[nH]cc(C)c1=O.Cc1c[nH]cc(C=O)c1=O.Cc1c[nH]cc(CO)c1=O.Cc1cn(CCS(=O)(=O)c2ccc(Cl)cc2)cc(C=O)c1=O.O=c1c(O)cn(CCS(=O)(=O)c2ccc(Cl)cc2)cc1O. The summed E-state index contributed by atoms with van der Waals surface area (Å²) < 4.78 is 56.2. The summed E-state index contributed by atoms with van der Waals surface area (Å²) in [5.41, 5.74) is 0.965. The zero-order valence-corrected chi connectivity index (χ0v) is 44.6. The highest BCUT2D eigenvalue weighted by atomic mass is 35.5. The third-order valence-electron chi connectivity index (χ3n) is 10.3. The first-order valence-electron chi connectivity index (χ1n) is 22.3. The number of ether oxygens (including phenoxy) is 1. The van der Waals surface area contributed by atoms with E-state index in [2.05, 4.69) is 15.0 Å². The van der Waals surface area contributed by atoms with Crippen molar-refractivity contribution in [2.24, 2.45) is 0 Å². The molecule has 5 heterocycles. The summed E-state index contributed by atoms with van der Waals surface area (Å²) in [5, 5.41) is 28.1. The highest BCUT2D eigenvalue weighted by molar-refractivity contribution is 7.91. The number of aldehydes is 2. The van der Waals surface area contributed by atoms with Gasteiger partial charge in [0.05, 0.1) is 58.0 Å². The van der Waals surface area contributed by atoms with Crippen LogP contribution in [-0.4, -0.2) is 92.9 Å². The Morgan fingerprint density at radius 3 is 1.42 bits per heavy atom. The van der Waals surface area contributed by atoms with Gasteiger partial charge in [-0.3, -0.25) is 33.6 Å². The molecule has 0 aliphatic carbocycles. The molecule has 0 radical (unpaired) electrons. The van der Waals surface area contributed by atoms with E-state index in [1.807, 2.05) is 0 Å². The van der Waals surface area contributed by atoms with E-state index < -0.39 is 42.6 Å². The Labute approximate surface area is 444 Å². The molecule has 7 rings (SSSR count). The first kappa shape index (κ1) is 62.3. The van der Waals surface area contributed by atoms with Gasteiger partial charge in [-0.2, -0.15) is 0 Å². The van der Waals surface area contributed by atoms with Gasteiger partial charge in [-0.1, -0.05) is 23.2 Å². The number of aromatic nitrogens is 5. The number of rotatable bonds is 13. The maximum atomic E-state index is 12.2. The van der Waals surface area contributed by atoms with Crippen molar-refractivity contribution in [3.63, 3.8) is 0 Å². The Kier molecular flexibility index (Phi) is 24.0. The minimum atomic E-state index is -3.53. The van der Waals surface area contributed by atoms with Crippen LogP contribution in [0.25, 0.3) is 0 Å². The standard InChI is InChI=1S/C15H14ClNO4S.C13H12ClNO5S.C9H11NO3.C7H9NO2.C7H7NO2/c1-11-8-17(9-12(10-18)15(11)19)6-7-22(20,21)14-4-2-13(16)3-5-14;14-9-1-3-10(4-2-9)21(19,20)6-5-15-7-11(16)13(18)12(17)8-15;1-3-13-9(12)7-5-10-4-6(2)8(7)11;2*1-5-2-8-3-6(4-9)7(5)10/h2-5,8-10H,6-7H2,1H3;1-4,7-8,16-17H,5-6H2;4-5H,3H2,1-2H3,(H,10,11);2-3,9H,4H2,1H3,(H,8,10);2-4H,1H3,(H,8,10). The zero-order chi connectivity index (χ0) is 56.9. The quantitative estimate of drug-likeness (QED) is 0.0652. The first-order valence-corrected chi connectivity index (χ1v) is 26.4. The fraction of sp³-hybridized carbons (Fsp3) is 0.216. The molecule has 0 aliphatic heterocycles. The monoisotopic (exact) mass is 1130 g/mol. The zero-order valence-electron chi connectivity index (χ0n) is 41.4. The van der Waals surface area contributed by atoms with Crippen molar-refractivity contribution < 1.29 is 51.3 Å². The van der Waals surface area contributed by atoms with Crippen molar-refractivity contribution in [2.45, 2.75) is 64.1 Å². The van der Waals surface area contributed by atoms with Gasteiger partial charge in [0.1, 0.15) is 5.56 Å². The average Bonchev–Trinajstić information content (AvgIpc) is 3.39. The number of aryl methyl sites for hydroxylation is 6. The van der Waals surface area contributed by atoms with Crippen LogP contribution in [0.1, 0.15) is 65.8 Å². The van der Waals surface area contributed by atoms with Gasteiger partial charge in [0, 0.05) is 101 Å². The van der Waals surface area contributed by atoms with Crippen LogP contribution in [-0.2, 0) is 44.1 Å². The van der Waals surface area contributed by atoms with Gasteiger partial charge in [-0.25, -0.2) is 21.6 Å². The number of nitrogens with one attached hydrogen (secondary N) is 3. The maximum absolute atomic E-state index is 12.2. The molecule has 0 bridgehead atoms. The van der Waals surface area contributed by atoms with Crippen LogP contribution >= 0.6 is 23.2 Å². The van der Waals surface area contributed by atoms with E-state index in [0.29, 0.717) is 50.4 Å². The number of nitrogens with zero attached hydrogens (tertiary/aromatic N) is 2. The number of pyridine rings is 5. The number of aliphatic hydroxyl groups is 1. The van der Waals surface area contributed by atoms with E-state index in [1.165, 1.54) is 88.6 Å². The van der Waals surface area contributed by atoms with Gasteiger partial charge in [0.15, 0.2) is 65.5 Å². The van der Waals surface area contributed by atoms with Crippen LogP contribution in [0.4, 0.5) is 0 Å². The number of halogens is 2. The third-order valence-corrected chi connectivity index (χ3v) is 14.2. The van der Waals surface area contributed by atoms with Crippen molar-refractivity contribution in [3.05, 3.63) is 216 Å². The smallest absolute Gasteiger partial charge is 0.343 e. The number of hydrogen-bond donors (Lipinski definition) is 6. The van der Waals surface area contributed by atoms with E-state index >= 15 is 0 Å². The summed E-state index contributed by atoms with van der Waals surface area (Å²) in [4.78, 5) is 96.7. The van der Waals surface area contributed by atoms with Gasteiger partial charge in [0.25, 0.3) is 5.43 Å². The highest BCUT2D eigenvalue weighted by Crippen LogP contribution is 2.18. The van der Waals surface area contributed by atoms with Crippen molar-refractivity contribution in [3.8, 4) is 11.5 Å². The molecule has 5 aromatic heterocycles. The van der Waals surface area contributed by atoms with Gasteiger partial charge in [-0.05, 0) is 83.1 Å². The van der Waals surface area contributed by atoms with Crippen LogP contribution < -0.4 is 27.1 Å². The van der Waals surface area contributed by atoms with Crippen molar-refractivity contribution >= 4 is 61.4 Å². The fourth-order valence-electron chi connectivity index (χ4n) is 6.15. The number of carbonyl (C=O) groups excluding carboxylic acids is 3. The summed E-state index contributed by atoms with van der Waals surface area (Å²) in [7, 11) is -7.00. The summed E-state index contributed by atoms with van der Waals surface area (Å²) in [6.45, 7) is 8.48. The van der Waals surface area contributed by atoms with Crippen molar-refractivity contribution in [2.75, 3.05) is 18.1 Å². The second kappa shape index (κ2) is 29.2. The second-order valence-electron chi connectivity index (χ2n) is 16.0. The molecule has 0 spiro atoms. The van der Waals surface area contributed by atoms with E-state index in [4.69, 9.17) is 33.0 Å². The topological polar surface area (TPSA) is 332 Å². The number of H-pyrrole nitrogens is 3. The fourth-order valence-corrected chi connectivity index (χ4v) is 8.88. The largest absolute Gasteiger partial charge is 0.503 e. The Hall–Kier alpha value is -7.96. The highest BCUT2D eigenvalue weighted by Gasteiger charge is 2.17. The van der Waals surface area contributed by atoms with Crippen molar-refractivity contribution in [1.29, 1.82) is 0 Å². The van der Waals surface area contributed by atoms with Gasteiger partial charge < -0.3 is 44.1 Å².